The van der Waals surface area contributed by atoms with Crippen molar-refractivity contribution in [2.45, 2.75) is 49.4 Å². The second kappa shape index (κ2) is 12.9. The highest BCUT2D eigenvalue weighted by atomic mass is 32.2. The van der Waals surface area contributed by atoms with E-state index in [2.05, 4.69) is 20.9 Å². The molecule has 0 unspecified atom stereocenters. The standard InChI is InChI=1S/C21H34N6O4S/c22-6-3-12-31-13-7-23-18(28)14-26-8-10-27(11-9-26)19(29)5-2-1-4-17-20-16(15-32-17)24-21(30)25-20/h16-17,20H,1-5,7-15H2,(H,23,28)(H2,24,25,30)/t16-,17-,20-/m0/s1. The van der Waals surface area contributed by atoms with Crippen LogP contribution in [0, 0.1) is 11.3 Å². The zero-order valence-corrected chi connectivity index (χ0v) is 19.3. The number of hydrogen-bond donors (Lipinski definition) is 3. The smallest absolute Gasteiger partial charge is 0.315 e. The van der Waals surface area contributed by atoms with Crippen LogP contribution in [0.5, 0.6) is 0 Å². The summed E-state index contributed by atoms with van der Waals surface area (Å²) in [7, 11) is 0. The Hall–Kier alpha value is -2.03. The molecular formula is C21H34N6O4S. The van der Waals surface area contributed by atoms with Crippen LogP contribution in [-0.2, 0) is 14.3 Å². The van der Waals surface area contributed by atoms with Gasteiger partial charge < -0.3 is 25.6 Å². The first kappa shape index (κ1) is 24.6. The molecule has 3 N–H and O–H groups in total. The first-order valence-corrected chi connectivity index (χ1v) is 12.5. The molecule has 3 rings (SSSR count). The summed E-state index contributed by atoms with van der Waals surface area (Å²) in [5, 5.41) is 17.7. The van der Waals surface area contributed by atoms with E-state index >= 15 is 0 Å². The van der Waals surface area contributed by atoms with Gasteiger partial charge in [0, 0.05) is 50.1 Å². The number of thioether (sulfide) groups is 1. The topological polar surface area (TPSA) is 127 Å². The molecule has 0 spiro atoms. The number of nitriles is 1. The van der Waals surface area contributed by atoms with Crippen LogP contribution in [-0.4, -0.2) is 103 Å². The van der Waals surface area contributed by atoms with Gasteiger partial charge in [0.05, 0.1) is 44.3 Å². The quantitative estimate of drug-likeness (QED) is 0.271. The van der Waals surface area contributed by atoms with Gasteiger partial charge in [0.1, 0.15) is 0 Å². The minimum absolute atomic E-state index is 0.0469. The molecular weight excluding hydrogens is 432 g/mol. The minimum atomic E-state index is -0.0573. The van der Waals surface area contributed by atoms with Gasteiger partial charge >= 0.3 is 6.03 Å². The van der Waals surface area contributed by atoms with E-state index in [0.717, 1.165) is 25.0 Å². The third-order valence-electron chi connectivity index (χ3n) is 6.09. The number of carbonyl (C=O) groups is 3. The third-order valence-corrected chi connectivity index (χ3v) is 7.60. The Morgan fingerprint density at radius 1 is 1.19 bits per heavy atom. The van der Waals surface area contributed by atoms with E-state index in [-0.39, 0.29) is 29.9 Å². The molecule has 10 nitrogen and oxygen atoms in total. The van der Waals surface area contributed by atoms with Crippen molar-refractivity contribution in [3.63, 3.8) is 0 Å². The van der Waals surface area contributed by atoms with E-state index in [1.165, 1.54) is 0 Å². The molecule has 3 heterocycles. The van der Waals surface area contributed by atoms with E-state index in [0.29, 0.717) is 70.6 Å². The second-order valence-electron chi connectivity index (χ2n) is 8.40. The summed E-state index contributed by atoms with van der Waals surface area (Å²) in [5.41, 5.74) is 0. The van der Waals surface area contributed by atoms with Crippen LogP contribution in [0.1, 0.15) is 32.1 Å². The lowest BCUT2D eigenvalue weighted by atomic mass is 10.0. The molecule has 3 atom stereocenters. The van der Waals surface area contributed by atoms with E-state index < -0.39 is 0 Å². The van der Waals surface area contributed by atoms with Gasteiger partial charge in [-0.3, -0.25) is 14.5 Å². The van der Waals surface area contributed by atoms with Crippen LogP contribution in [0.25, 0.3) is 0 Å². The molecule has 32 heavy (non-hydrogen) atoms. The number of amides is 4. The largest absolute Gasteiger partial charge is 0.379 e. The van der Waals surface area contributed by atoms with Crippen LogP contribution in [0.4, 0.5) is 4.79 Å². The number of carbonyl (C=O) groups excluding carboxylic acids is 3. The average molecular weight is 467 g/mol. The Morgan fingerprint density at radius 2 is 2.00 bits per heavy atom. The number of unbranched alkanes of at least 4 members (excludes halogenated alkanes) is 1. The Kier molecular flexibility index (Phi) is 9.89. The molecule has 0 radical (unpaired) electrons. The van der Waals surface area contributed by atoms with Crippen molar-refractivity contribution < 1.29 is 19.1 Å². The molecule has 3 aliphatic heterocycles. The molecule has 3 saturated heterocycles. The first-order valence-electron chi connectivity index (χ1n) is 11.5. The highest BCUT2D eigenvalue weighted by Crippen LogP contribution is 2.33. The summed E-state index contributed by atoms with van der Waals surface area (Å²) in [4.78, 5) is 39.9. The van der Waals surface area contributed by atoms with Crippen molar-refractivity contribution in [1.82, 2.24) is 25.8 Å². The van der Waals surface area contributed by atoms with Crippen molar-refractivity contribution >= 4 is 29.6 Å². The summed E-state index contributed by atoms with van der Waals surface area (Å²) in [6, 6.07) is 2.42. The molecule has 3 fully saturated rings. The summed E-state index contributed by atoms with van der Waals surface area (Å²) in [6.07, 6.45) is 3.79. The number of fused-ring (bicyclic) bond motifs is 1. The fourth-order valence-corrected chi connectivity index (χ4v) is 5.86. The predicted molar refractivity (Wildman–Crippen MR) is 121 cm³/mol. The average Bonchev–Trinajstić information content (AvgIpc) is 3.33. The summed E-state index contributed by atoms with van der Waals surface area (Å²) in [6.45, 7) is 4.27. The van der Waals surface area contributed by atoms with E-state index in [9.17, 15) is 14.4 Å². The SMILES string of the molecule is N#CCCOCCNC(=O)CN1CCN(C(=O)CCCC[C@@H]2SC[C@@H]3NC(=O)N[C@@H]32)CC1. The molecule has 3 aliphatic rings. The van der Waals surface area contributed by atoms with Crippen LogP contribution >= 0.6 is 11.8 Å². The van der Waals surface area contributed by atoms with Crippen LogP contribution in [0.15, 0.2) is 0 Å². The van der Waals surface area contributed by atoms with Gasteiger partial charge in [-0.2, -0.15) is 17.0 Å². The fourth-order valence-electron chi connectivity index (χ4n) is 4.32. The molecule has 0 aromatic heterocycles. The Bertz CT molecular complexity index is 694. The molecule has 0 aromatic rings. The van der Waals surface area contributed by atoms with Crippen molar-refractivity contribution in [3.8, 4) is 6.07 Å². The van der Waals surface area contributed by atoms with Gasteiger partial charge in [0.15, 0.2) is 0 Å². The number of piperazine rings is 1. The molecule has 0 aromatic carbocycles. The van der Waals surface area contributed by atoms with Crippen LogP contribution in [0.2, 0.25) is 0 Å². The van der Waals surface area contributed by atoms with Gasteiger partial charge in [-0.25, -0.2) is 4.79 Å². The van der Waals surface area contributed by atoms with Crippen molar-refractivity contribution in [3.05, 3.63) is 0 Å². The van der Waals surface area contributed by atoms with E-state index in [1.54, 1.807) is 0 Å². The Labute approximate surface area is 193 Å². The van der Waals surface area contributed by atoms with Crippen LogP contribution in [0.3, 0.4) is 0 Å². The number of ether oxygens (including phenoxy) is 1. The summed E-state index contributed by atoms with van der Waals surface area (Å²) >= 11 is 1.91. The predicted octanol–water partition coefficient (Wildman–Crippen LogP) is -0.0971. The lowest BCUT2D eigenvalue weighted by molar-refractivity contribution is -0.133. The van der Waals surface area contributed by atoms with Gasteiger partial charge in [-0.15, -0.1) is 0 Å². The van der Waals surface area contributed by atoms with Crippen molar-refractivity contribution in [1.29, 1.82) is 5.26 Å². The Balaban J connectivity index is 1.21. The molecule has 4 amide bonds. The third kappa shape index (κ3) is 7.53. The van der Waals surface area contributed by atoms with Crippen LogP contribution < -0.4 is 16.0 Å². The maximum Gasteiger partial charge on any atom is 0.315 e. The second-order valence-corrected chi connectivity index (χ2v) is 9.67. The lowest BCUT2D eigenvalue weighted by Gasteiger charge is -2.34. The summed E-state index contributed by atoms with van der Waals surface area (Å²) < 4.78 is 5.23. The molecule has 0 saturated carbocycles. The highest BCUT2D eigenvalue weighted by Gasteiger charge is 2.42. The van der Waals surface area contributed by atoms with Crippen molar-refractivity contribution in [2.75, 3.05) is 58.2 Å². The monoisotopic (exact) mass is 466 g/mol. The molecule has 0 bridgehead atoms. The normalized spacial score (nSPS) is 25.0. The number of nitrogens with one attached hydrogen (secondary N) is 3. The van der Waals surface area contributed by atoms with Gasteiger partial charge in [0.2, 0.25) is 11.8 Å². The lowest BCUT2D eigenvalue weighted by Crippen LogP contribution is -2.51. The Morgan fingerprint density at radius 3 is 2.78 bits per heavy atom. The first-order chi connectivity index (χ1) is 15.6. The van der Waals surface area contributed by atoms with E-state index in [1.807, 2.05) is 22.7 Å². The number of urea groups is 1. The maximum absolute atomic E-state index is 12.5. The molecule has 11 heteroatoms. The zero-order chi connectivity index (χ0) is 22.8. The molecule has 178 valence electrons. The zero-order valence-electron chi connectivity index (χ0n) is 18.5. The van der Waals surface area contributed by atoms with E-state index in [4.69, 9.17) is 10.00 Å². The summed E-state index contributed by atoms with van der Waals surface area (Å²) in [5.74, 6) is 1.11. The minimum Gasteiger partial charge on any atom is -0.379 e. The van der Waals surface area contributed by atoms with Crippen molar-refractivity contribution in [2.24, 2.45) is 0 Å². The number of rotatable bonds is 12. The fraction of sp³-hybridized carbons (Fsp3) is 0.810. The number of hydrogen-bond acceptors (Lipinski definition) is 7. The highest BCUT2D eigenvalue weighted by molar-refractivity contribution is 8.00. The number of nitrogens with zero attached hydrogens (tertiary/aromatic N) is 3. The van der Waals surface area contributed by atoms with Gasteiger partial charge in [0.25, 0.3) is 0 Å². The maximum atomic E-state index is 12.5. The molecule has 0 aliphatic carbocycles. The van der Waals surface area contributed by atoms with Gasteiger partial charge in [-0.1, -0.05) is 6.42 Å². The van der Waals surface area contributed by atoms with Gasteiger partial charge in [-0.05, 0) is 12.8 Å².